The maximum Gasteiger partial charge on any atom is 0.325 e. The Hall–Kier alpha value is -3.95. The van der Waals surface area contributed by atoms with Gasteiger partial charge in [-0.05, 0) is 24.3 Å². The lowest BCUT2D eigenvalue weighted by Gasteiger charge is -2.17. The maximum absolute atomic E-state index is 12.1. The van der Waals surface area contributed by atoms with Crippen LogP contribution < -0.4 is 15.0 Å². The van der Waals surface area contributed by atoms with Crippen LogP contribution in [0.4, 0.5) is 11.4 Å². The Morgan fingerprint density at radius 3 is 2.45 bits per heavy atom. The minimum Gasteiger partial charge on any atom is -0.490 e. The fourth-order valence-corrected chi connectivity index (χ4v) is 2.31. The summed E-state index contributed by atoms with van der Waals surface area (Å²) in [6.45, 7) is -0.991. The summed E-state index contributed by atoms with van der Waals surface area (Å²) in [5.41, 5.74) is 0.241. The van der Waals surface area contributed by atoms with Gasteiger partial charge in [0.1, 0.15) is 6.54 Å². The van der Waals surface area contributed by atoms with Gasteiger partial charge in [-0.1, -0.05) is 18.2 Å². The molecule has 2 rings (SSSR count). The molecule has 0 aliphatic rings. The van der Waals surface area contributed by atoms with Gasteiger partial charge in [-0.2, -0.15) is 0 Å². The molecule has 10 nitrogen and oxygen atoms in total. The lowest BCUT2D eigenvalue weighted by Crippen LogP contribution is -2.34. The molecule has 29 heavy (non-hydrogen) atoms. The summed E-state index contributed by atoms with van der Waals surface area (Å²) in [5, 5.41) is 13.3. The topological polar surface area (TPSA) is 128 Å². The van der Waals surface area contributed by atoms with Crippen LogP contribution in [0.1, 0.15) is 10.4 Å². The zero-order valence-corrected chi connectivity index (χ0v) is 15.8. The van der Waals surface area contributed by atoms with Crippen LogP contribution in [-0.4, -0.2) is 50.0 Å². The van der Waals surface area contributed by atoms with Crippen LogP contribution in [0.5, 0.6) is 5.75 Å². The highest BCUT2D eigenvalue weighted by molar-refractivity contribution is 5.97. The molecule has 2 aromatic carbocycles. The van der Waals surface area contributed by atoms with Gasteiger partial charge in [0.15, 0.2) is 12.4 Å². The molecule has 10 heteroatoms. The Morgan fingerprint density at radius 2 is 1.83 bits per heavy atom. The predicted octanol–water partition coefficient (Wildman–Crippen LogP) is 1.54. The number of benzene rings is 2. The number of nitrogens with zero attached hydrogens (tertiary/aromatic N) is 2. The minimum absolute atomic E-state index is 0.00649. The number of nitro benzene ring substituents is 1. The third kappa shape index (κ3) is 5.76. The highest BCUT2D eigenvalue weighted by atomic mass is 16.6. The van der Waals surface area contributed by atoms with Crippen LogP contribution in [0.2, 0.25) is 0 Å². The number of likely N-dealkylation sites (N-methyl/N-ethyl adjacent to an activating group) is 1. The van der Waals surface area contributed by atoms with Gasteiger partial charge in [0.25, 0.3) is 11.8 Å². The van der Waals surface area contributed by atoms with Crippen molar-refractivity contribution in [1.82, 2.24) is 5.32 Å². The number of rotatable bonds is 8. The second kappa shape index (κ2) is 9.83. The maximum atomic E-state index is 12.1. The summed E-state index contributed by atoms with van der Waals surface area (Å²) >= 11 is 0. The molecule has 1 N–H and O–H groups in total. The van der Waals surface area contributed by atoms with Crippen LogP contribution in [-0.2, 0) is 14.3 Å². The fraction of sp³-hybridized carbons (Fsp3) is 0.211. The Balaban J connectivity index is 1.86. The molecule has 0 atom stereocenters. The molecule has 2 aromatic rings. The number of para-hydroxylation sites is 1. The summed E-state index contributed by atoms with van der Waals surface area (Å²) in [6, 6.07) is 12.4. The van der Waals surface area contributed by atoms with E-state index in [9.17, 15) is 24.5 Å². The summed E-state index contributed by atoms with van der Waals surface area (Å²) in [6.07, 6.45) is 0. The number of carbonyl (C=O) groups excluding carboxylic acids is 3. The van der Waals surface area contributed by atoms with E-state index < -0.39 is 35.9 Å². The molecule has 0 unspecified atom stereocenters. The Labute approximate surface area is 166 Å². The molecule has 0 heterocycles. The lowest BCUT2D eigenvalue weighted by atomic mass is 10.1. The van der Waals surface area contributed by atoms with Gasteiger partial charge in [-0.3, -0.25) is 24.5 Å². The fourth-order valence-electron chi connectivity index (χ4n) is 2.31. The second-order valence-electron chi connectivity index (χ2n) is 5.78. The van der Waals surface area contributed by atoms with Gasteiger partial charge >= 0.3 is 11.7 Å². The number of hydrogen-bond acceptors (Lipinski definition) is 7. The number of anilines is 1. The van der Waals surface area contributed by atoms with Crippen molar-refractivity contribution in [1.29, 1.82) is 0 Å². The summed E-state index contributed by atoms with van der Waals surface area (Å²) in [7, 11) is 2.82. The van der Waals surface area contributed by atoms with Crippen molar-refractivity contribution < 1.29 is 28.8 Å². The summed E-state index contributed by atoms with van der Waals surface area (Å²) in [4.78, 5) is 47.6. The molecule has 0 spiro atoms. The van der Waals surface area contributed by atoms with E-state index in [2.05, 4.69) is 5.32 Å². The zero-order chi connectivity index (χ0) is 21.4. The van der Waals surface area contributed by atoms with Crippen LogP contribution >= 0.6 is 0 Å². The summed E-state index contributed by atoms with van der Waals surface area (Å²) in [5.74, 6) is -1.97. The average Bonchev–Trinajstić information content (AvgIpc) is 2.75. The van der Waals surface area contributed by atoms with Crippen LogP contribution in [0.25, 0.3) is 0 Å². The quantitative estimate of drug-likeness (QED) is 0.404. The van der Waals surface area contributed by atoms with Gasteiger partial charge in [-0.15, -0.1) is 0 Å². The molecular weight excluding hydrogens is 382 g/mol. The van der Waals surface area contributed by atoms with E-state index in [0.717, 1.165) is 6.07 Å². The van der Waals surface area contributed by atoms with Crippen molar-refractivity contribution in [2.24, 2.45) is 0 Å². The van der Waals surface area contributed by atoms with E-state index in [1.54, 1.807) is 31.3 Å². The van der Waals surface area contributed by atoms with E-state index in [1.807, 2.05) is 6.07 Å². The number of nitrogens with one attached hydrogen (secondary N) is 1. The first-order chi connectivity index (χ1) is 13.8. The van der Waals surface area contributed by atoms with E-state index >= 15 is 0 Å². The van der Waals surface area contributed by atoms with Crippen molar-refractivity contribution in [3.63, 3.8) is 0 Å². The number of methoxy groups -OCH3 is 1. The molecule has 152 valence electrons. The molecule has 0 bridgehead atoms. The first kappa shape index (κ1) is 21.4. The molecular formula is C19H19N3O7. The van der Waals surface area contributed by atoms with Gasteiger partial charge < -0.3 is 19.7 Å². The standard InChI is InChI=1S/C19H19N3O7/c1-21(14-6-4-3-5-7-14)17(23)12-29-18(24)11-20-19(25)13-8-9-16(28-2)15(10-13)22(26)27/h3-10H,11-12H2,1-2H3,(H,20,25). The van der Waals surface area contributed by atoms with Gasteiger partial charge in [0, 0.05) is 24.4 Å². The molecule has 0 saturated carbocycles. The van der Waals surface area contributed by atoms with Crippen molar-refractivity contribution in [2.75, 3.05) is 32.2 Å². The Kier molecular flexibility index (Phi) is 7.24. The molecule has 0 saturated heterocycles. The lowest BCUT2D eigenvalue weighted by molar-refractivity contribution is -0.385. The smallest absolute Gasteiger partial charge is 0.325 e. The van der Waals surface area contributed by atoms with Crippen LogP contribution in [0.3, 0.4) is 0 Å². The van der Waals surface area contributed by atoms with E-state index in [0.29, 0.717) is 5.69 Å². The molecule has 0 aliphatic carbocycles. The van der Waals surface area contributed by atoms with Crippen LogP contribution in [0.15, 0.2) is 48.5 Å². The molecule has 0 radical (unpaired) electrons. The van der Waals surface area contributed by atoms with Gasteiger partial charge in [-0.25, -0.2) is 0 Å². The third-order valence-electron chi connectivity index (χ3n) is 3.91. The van der Waals surface area contributed by atoms with Crippen molar-refractivity contribution in [2.45, 2.75) is 0 Å². The molecule has 2 amide bonds. The van der Waals surface area contributed by atoms with Gasteiger partial charge in [0.2, 0.25) is 0 Å². The van der Waals surface area contributed by atoms with Crippen molar-refractivity contribution >= 4 is 29.2 Å². The second-order valence-corrected chi connectivity index (χ2v) is 5.78. The summed E-state index contributed by atoms with van der Waals surface area (Å²) < 4.78 is 9.72. The zero-order valence-electron chi connectivity index (χ0n) is 15.8. The normalized spacial score (nSPS) is 10.0. The highest BCUT2D eigenvalue weighted by Crippen LogP contribution is 2.27. The van der Waals surface area contributed by atoms with E-state index in [-0.39, 0.29) is 17.0 Å². The first-order valence-corrected chi connectivity index (χ1v) is 8.41. The number of ether oxygens (including phenoxy) is 2. The Morgan fingerprint density at radius 1 is 1.14 bits per heavy atom. The number of amides is 2. The monoisotopic (exact) mass is 401 g/mol. The number of esters is 1. The van der Waals surface area contributed by atoms with Gasteiger partial charge in [0.05, 0.1) is 12.0 Å². The molecule has 0 aliphatic heterocycles. The van der Waals surface area contributed by atoms with E-state index in [4.69, 9.17) is 9.47 Å². The van der Waals surface area contributed by atoms with Crippen LogP contribution in [0, 0.1) is 10.1 Å². The number of hydrogen-bond donors (Lipinski definition) is 1. The van der Waals surface area contributed by atoms with Crippen molar-refractivity contribution in [3.05, 3.63) is 64.2 Å². The van der Waals surface area contributed by atoms with E-state index in [1.165, 1.54) is 24.1 Å². The predicted molar refractivity (Wildman–Crippen MR) is 103 cm³/mol. The first-order valence-electron chi connectivity index (χ1n) is 8.41. The Bertz CT molecular complexity index is 915. The number of nitro groups is 1. The highest BCUT2D eigenvalue weighted by Gasteiger charge is 2.19. The number of carbonyl (C=O) groups is 3. The molecule has 0 aromatic heterocycles. The SMILES string of the molecule is COc1ccc(C(=O)NCC(=O)OCC(=O)N(C)c2ccccc2)cc1[N+](=O)[O-]. The third-order valence-corrected chi connectivity index (χ3v) is 3.91. The minimum atomic E-state index is -0.823. The molecule has 0 fully saturated rings. The largest absolute Gasteiger partial charge is 0.490 e. The average molecular weight is 401 g/mol. The van der Waals surface area contributed by atoms with Crippen molar-refractivity contribution in [3.8, 4) is 5.75 Å².